The predicted molar refractivity (Wildman–Crippen MR) is 96.4 cm³/mol. The lowest BCUT2D eigenvalue weighted by Crippen LogP contribution is -2.41. The first kappa shape index (κ1) is 17.9. The zero-order valence-electron chi connectivity index (χ0n) is 13.9. The molecule has 134 valence electrons. The summed E-state index contributed by atoms with van der Waals surface area (Å²) in [5.74, 6) is 0.123. The van der Waals surface area contributed by atoms with Gasteiger partial charge in [0.2, 0.25) is 0 Å². The quantitative estimate of drug-likeness (QED) is 0.617. The average Bonchev–Trinajstić information content (AvgIpc) is 2.90. The van der Waals surface area contributed by atoms with E-state index in [1.54, 1.807) is 12.1 Å². The van der Waals surface area contributed by atoms with Crippen molar-refractivity contribution in [3.8, 4) is 5.75 Å². The molecule has 0 saturated heterocycles. The smallest absolute Gasteiger partial charge is 0.276 e. The molecule has 0 saturated carbocycles. The third kappa shape index (κ3) is 4.20. The van der Waals surface area contributed by atoms with Gasteiger partial charge in [0, 0.05) is 4.88 Å². The van der Waals surface area contributed by atoms with Gasteiger partial charge in [-0.05, 0) is 61.6 Å². The number of fused-ring (bicyclic) bond motifs is 1. The number of carbonyl (C=O) groups is 1. The van der Waals surface area contributed by atoms with Gasteiger partial charge in [-0.2, -0.15) is 0 Å². The second-order valence-electron chi connectivity index (χ2n) is 5.85. The summed E-state index contributed by atoms with van der Waals surface area (Å²) in [7, 11) is -2.32. The first-order chi connectivity index (χ1) is 12.0. The fourth-order valence-corrected chi connectivity index (χ4v) is 4.76. The van der Waals surface area contributed by atoms with Gasteiger partial charge in [0.05, 0.1) is 16.9 Å². The highest BCUT2D eigenvalue weighted by Gasteiger charge is 2.19. The number of aryl methyl sites for hydroxylation is 2. The molecule has 1 amide bonds. The molecule has 1 aliphatic rings. The maximum absolute atomic E-state index is 12.3. The summed E-state index contributed by atoms with van der Waals surface area (Å²) in [6.45, 7) is 0. The Labute approximate surface area is 151 Å². The molecule has 2 aromatic rings. The van der Waals surface area contributed by atoms with Crippen LogP contribution in [-0.2, 0) is 22.9 Å². The second-order valence-corrected chi connectivity index (χ2v) is 8.67. The summed E-state index contributed by atoms with van der Waals surface area (Å²) < 4.78 is 29.5. The standard InChI is InChI=1S/C17H20N2O4S2/c1-23-13-7-9-14(10-8-13)25(21,22)19-18-17(20)16-11-12-5-3-2-4-6-15(12)24-16/h7-11,19H,2-6H2,1H3,(H,18,20). The number of carbonyl (C=O) groups excluding carboxylic acids is 1. The minimum atomic E-state index is -3.83. The Morgan fingerprint density at radius 3 is 2.56 bits per heavy atom. The molecular formula is C17H20N2O4S2. The number of ether oxygens (including phenoxy) is 1. The van der Waals surface area contributed by atoms with E-state index in [0.29, 0.717) is 10.6 Å². The first-order valence-corrected chi connectivity index (χ1v) is 10.4. The third-order valence-electron chi connectivity index (χ3n) is 4.14. The number of rotatable bonds is 5. The molecule has 0 spiro atoms. The van der Waals surface area contributed by atoms with Crippen molar-refractivity contribution in [2.45, 2.75) is 37.0 Å². The molecule has 8 heteroatoms. The molecule has 6 nitrogen and oxygen atoms in total. The summed E-state index contributed by atoms with van der Waals surface area (Å²) in [6, 6.07) is 7.81. The number of methoxy groups -OCH3 is 1. The van der Waals surface area contributed by atoms with Crippen LogP contribution in [0.25, 0.3) is 0 Å². The van der Waals surface area contributed by atoms with Crippen LogP contribution in [0.3, 0.4) is 0 Å². The van der Waals surface area contributed by atoms with Crippen LogP contribution in [0.15, 0.2) is 35.2 Å². The monoisotopic (exact) mass is 380 g/mol. The topological polar surface area (TPSA) is 84.5 Å². The Morgan fingerprint density at radius 1 is 1.12 bits per heavy atom. The van der Waals surface area contributed by atoms with Crippen LogP contribution < -0.4 is 15.0 Å². The van der Waals surface area contributed by atoms with Crippen LogP contribution in [0.2, 0.25) is 0 Å². The van der Waals surface area contributed by atoms with Crippen LogP contribution in [0, 0.1) is 0 Å². The number of hydrogen-bond acceptors (Lipinski definition) is 5. The molecule has 0 radical (unpaired) electrons. The van der Waals surface area contributed by atoms with E-state index >= 15 is 0 Å². The van der Waals surface area contributed by atoms with Gasteiger partial charge in [-0.25, -0.2) is 8.42 Å². The highest BCUT2D eigenvalue weighted by Crippen LogP contribution is 2.28. The fraction of sp³-hybridized carbons (Fsp3) is 0.353. The van der Waals surface area contributed by atoms with E-state index in [0.717, 1.165) is 25.7 Å². The van der Waals surface area contributed by atoms with Crippen molar-refractivity contribution in [2.24, 2.45) is 0 Å². The number of sulfonamides is 1. The van der Waals surface area contributed by atoms with Gasteiger partial charge >= 0.3 is 0 Å². The van der Waals surface area contributed by atoms with Crippen molar-refractivity contribution < 1.29 is 17.9 Å². The van der Waals surface area contributed by atoms with Crippen LogP contribution in [0.5, 0.6) is 5.75 Å². The fourth-order valence-electron chi connectivity index (χ4n) is 2.77. The molecule has 0 unspecified atom stereocenters. The Morgan fingerprint density at radius 2 is 1.84 bits per heavy atom. The van der Waals surface area contributed by atoms with Crippen LogP contribution in [0.1, 0.15) is 39.4 Å². The summed E-state index contributed by atoms with van der Waals surface area (Å²) in [5, 5.41) is 0. The van der Waals surface area contributed by atoms with Gasteiger partial charge in [-0.3, -0.25) is 10.2 Å². The molecule has 1 aliphatic carbocycles. The average molecular weight is 380 g/mol. The second kappa shape index (κ2) is 7.55. The van der Waals surface area contributed by atoms with Gasteiger partial charge in [-0.15, -0.1) is 16.2 Å². The summed E-state index contributed by atoms with van der Waals surface area (Å²) in [4.78, 5) is 16.2. The highest BCUT2D eigenvalue weighted by molar-refractivity contribution is 7.89. The lowest BCUT2D eigenvalue weighted by molar-refractivity contribution is 0.0949. The predicted octanol–water partition coefficient (Wildman–Crippen LogP) is 2.65. The van der Waals surface area contributed by atoms with Crippen molar-refractivity contribution in [3.05, 3.63) is 45.6 Å². The number of nitrogens with one attached hydrogen (secondary N) is 2. The van der Waals surface area contributed by atoms with Gasteiger partial charge < -0.3 is 4.74 Å². The first-order valence-electron chi connectivity index (χ1n) is 8.07. The van der Waals surface area contributed by atoms with Crippen molar-refractivity contribution in [2.75, 3.05) is 7.11 Å². The van der Waals surface area contributed by atoms with Gasteiger partial charge in [0.1, 0.15) is 5.75 Å². The van der Waals surface area contributed by atoms with E-state index in [1.807, 2.05) is 6.07 Å². The molecule has 25 heavy (non-hydrogen) atoms. The van der Waals surface area contributed by atoms with Crippen LogP contribution in [-0.4, -0.2) is 21.4 Å². The van der Waals surface area contributed by atoms with E-state index in [9.17, 15) is 13.2 Å². The normalized spacial score (nSPS) is 14.4. The highest BCUT2D eigenvalue weighted by atomic mass is 32.2. The van der Waals surface area contributed by atoms with Crippen molar-refractivity contribution in [3.63, 3.8) is 0 Å². The molecule has 0 fully saturated rings. The van der Waals surface area contributed by atoms with Gasteiger partial charge in [0.15, 0.2) is 0 Å². The summed E-state index contributed by atoms with van der Waals surface area (Å²) >= 11 is 1.44. The Bertz CT molecular complexity index is 834. The van der Waals surface area contributed by atoms with Crippen LogP contribution >= 0.6 is 11.3 Å². The third-order valence-corrected chi connectivity index (χ3v) is 6.64. The minimum absolute atomic E-state index is 0.0514. The molecule has 1 aromatic heterocycles. The number of hydrogen-bond donors (Lipinski definition) is 2. The van der Waals surface area contributed by atoms with Gasteiger partial charge in [0.25, 0.3) is 15.9 Å². The molecule has 0 atom stereocenters. The summed E-state index contributed by atoms with van der Waals surface area (Å²) in [6.07, 6.45) is 5.46. The molecular weight excluding hydrogens is 360 g/mol. The number of thiophene rings is 1. The maximum atomic E-state index is 12.3. The van der Waals surface area contributed by atoms with Crippen molar-refractivity contribution >= 4 is 27.3 Å². The Balaban J connectivity index is 1.66. The largest absolute Gasteiger partial charge is 0.497 e. The number of hydrazine groups is 1. The van der Waals surface area contributed by atoms with E-state index < -0.39 is 15.9 Å². The molecule has 0 bridgehead atoms. The Hall–Kier alpha value is -1.90. The van der Waals surface area contributed by atoms with E-state index in [2.05, 4.69) is 10.3 Å². The lowest BCUT2D eigenvalue weighted by Gasteiger charge is -2.08. The zero-order valence-corrected chi connectivity index (χ0v) is 15.5. The molecule has 3 rings (SSSR count). The number of benzene rings is 1. The molecule has 0 aliphatic heterocycles. The summed E-state index contributed by atoms with van der Waals surface area (Å²) in [5.41, 5.74) is 3.51. The lowest BCUT2D eigenvalue weighted by atomic mass is 10.1. The van der Waals surface area contributed by atoms with E-state index in [-0.39, 0.29) is 4.90 Å². The van der Waals surface area contributed by atoms with E-state index in [1.165, 1.54) is 47.4 Å². The number of amides is 1. The molecule has 2 N–H and O–H groups in total. The Kier molecular flexibility index (Phi) is 5.41. The van der Waals surface area contributed by atoms with Crippen LogP contribution in [0.4, 0.5) is 0 Å². The molecule has 1 heterocycles. The minimum Gasteiger partial charge on any atom is -0.497 e. The van der Waals surface area contributed by atoms with Crippen molar-refractivity contribution in [1.82, 2.24) is 10.3 Å². The van der Waals surface area contributed by atoms with E-state index in [4.69, 9.17) is 4.74 Å². The maximum Gasteiger partial charge on any atom is 0.276 e. The van der Waals surface area contributed by atoms with Crippen molar-refractivity contribution in [1.29, 1.82) is 0 Å². The SMILES string of the molecule is COc1ccc(S(=O)(=O)NNC(=O)c2cc3c(s2)CCCCC3)cc1. The van der Waals surface area contributed by atoms with Gasteiger partial charge in [-0.1, -0.05) is 6.42 Å². The molecule has 1 aromatic carbocycles. The zero-order chi connectivity index (χ0) is 17.9.